The van der Waals surface area contributed by atoms with E-state index in [4.69, 9.17) is 11.6 Å². The summed E-state index contributed by atoms with van der Waals surface area (Å²) in [5.41, 5.74) is 2.80. The van der Waals surface area contributed by atoms with Crippen LogP contribution in [0.15, 0.2) is 24.5 Å². The molecule has 0 atom stereocenters. The Labute approximate surface area is 129 Å². The van der Waals surface area contributed by atoms with E-state index in [-0.39, 0.29) is 12.5 Å². The van der Waals surface area contributed by atoms with E-state index >= 15 is 0 Å². The second kappa shape index (κ2) is 7.22. The van der Waals surface area contributed by atoms with Gasteiger partial charge in [-0.25, -0.2) is 0 Å². The summed E-state index contributed by atoms with van der Waals surface area (Å²) in [5.74, 6) is -0.0491. The molecular weight excluding hydrogens is 288 g/mol. The van der Waals surface area contributed by atoms with Crippen LogP contribution in [0.4, 0.5) is 0 Å². The second-order valence-electron chi connectivity index (χ2n) is 4.95. The summed E-state index contributed by atoms with van der Waals surface area (Å²) in [6.07, 6.45) is 5.38. The van der Waals surface area contributed by atoms with E-state index in [2.05, 4.69) is 15.4 Å². The third kappa shape index (κ3) is 4.29. The highest BCUT2D eigenvalue weighted by molar-refractivity contribution is 6.31. The van der Waals surface area contributed by atoms with Crippen molar-refractivity contribution < 1.29 is 4.79 Å². The highest BCUT2D eigenvalue weighted by atomic mass is 35.5. The average molecular weight is 307 g/mol. The van der Waals surface area contributed by atoms with Crippen molar-refractivity contribution in [2.45, 2.75) is 33.2 Å². The summed E-state index contributed by atoms with van der Waals surface area (Å²) in [6.45, 7) is 4.54. The van der Waals surface area contributed by atoms with Crippen molar-refractivity contribution in [3.63, 3.8) is 0 Å². The van der Waals surface area contributed by atoms with Crippen LogP contribution < -0.4 is 5.32 Å². The molecule has 21 heavy (non-hydrogen) atoms. The molecular formula is C15H19ClN4O. The van der Waals surface area contributed by atoms with Gasteiger partial charge < -0.3 is 5.32 Å². The van der Waals surface area contributed by atoms with Gasteiger partial charge in [-0.15, -0.1) is 0 Å². The third-order valence-corrected chi connectivity index (χ3v) is 3.85. The maximum absolute atomic E-state index is 11.9. The summed E-state index contributed by atoms with van der Waals surface area (Å²) in [4.78, 5) is 15.8. The van der Waals surface area contributed by atoms with Crippen molar-refractivity contribution in [2.75, 3.05) is 6.54 Å². The molecule has 0 aliphatic rings. The van der Waals surface area contributed by atoms with Gasteiger partial charge in [0.2, 0.25) is 5.91 Å². The van der Waals surface area contributed by atoms with E-state index in [1.807, 2.05) is 26.0 Å². The Balaban J connectivity index is 1.74. The summed E-state index contributed by atoms with van der Waals surface area (Å²) in [7, 11) is 0. The second-order valence-corrected chi connectivity index (χ2v) is 5.33. The number of pyridine rings is 1. The standard InChI is InChI=1S/C15H19ClN4O/c1-11-15(16)12(2)20(19-11)10-14(21)18-7-3-4-13-5-8-17-9-6-13/h5-6,8-9H,3-4,7,10H2,1-2H3,(H,18,21). The molecule has 0 aromatic carbocycles. The van der Waals surface area contributed by atoms with E-state index in [0.29, 0.717) is 11.6 Å². The zero-order valence-corrected chi connectivity index (χ0v) is 13.0. The molecule has 2 aromatic heterocycles. The van der Waals surface area contributed by atoms with Crippen LogP contribution in [0.5, 0.6) is 0 Å². The number of aromatic nitrogens is 3. The first-order chi connectivity index (χ1) is 10.1. The zero-order valence-electron chi connectivity index (χ0n) is 12.3. The number of carbonyl (C=O) groups is 1. The van der Waals surface area contributed by atoms with Gasteiger partial charge in [0.15, 0.2) is 0 Å². The molecule has 112 valence electrons. The number of hydrogen-bond acceptors (Lipinski definition) is 3. The zero-order chi connectivity index (χ0) is 15.2. The van der Waals surface area contributed by atoms with Crippen LogP contribution in [0.1, 0.15) is 23.4 Å². The Hall–Kier alpha value is -1.88. The molecule has 6 heteroatoms. The largest absolute Gasteiger partial charge is 0.354 e. The van der Waals surface area contributed by atoms with Gasteiger partial charge in [0.1, 0.15) is 6.54 Å². The summed E-state index contributed by atoms with van der Waals surface area (Å²) >= 11 is 6.06. The normalized spacial score (nSPS) is 10.6. The number of rotatable bonds is 6. The van der Waals surface area contributed by atoms with E-state index < -0.39 is 0 Å². The Bertz CT molecular complexity index is 610. The van der Waals surface area contributed by atoms with Crippen molar-refractivity contribution in [1.29, 1.82) is 0 Å². The lowest BCUT2D eigenvalue weighted by Crippen LogP contribution is -2.29. The van der Waals surface area contributed by atoms with Gasteiger partial charge in [-0.1, -0.05) is 11.6 Å². The Morgan fingerprint density at radius 2 is 2.05 bits per heavy atom. The number of hydrogen-bond donors (Lipinski definition) is 1. The number of amides is 1. The van der Waals surface area contributed by atoms with Gasteiger partial charge in [0.05, 0.1) is 16.4 Å². The van der Waals surface area contributed by atoms with E-state index in [9.17, 15) is 4.79 Å². The molecule has 0 saturated heterocycles. The fraction of sp³-hybridized carbons (Fsp3) is 0.400. The molecule has 1 N–H and O–H groups in total. The topological polar surface area (TPSA) is 59.8 Å². The number of aryl methyl sites for hydroxylation is 2. The van der Waals surface area contributed by atoms with Gasteiger partial charge >= 0.3 is 0 Å². The molecule has 0 radical (unpaired) electrons. The molecule has 0 unspecified atom stereocenters. The fourth-order valence-corrected chi connectivity index (χ4v) is 2.23. The molecule has 0 bridgehead atoms. The minimum atomic E-state index is -0.0491. The first-order valence-electron chi connectivity index (χ1n) is 6.93. The average Bonchev–Trinajstić information content (AvgIpc) is 2.72. The van der Waals surface area contributed by atoms with Crippen molar-refractivity contribution in [3.05, 3.63) is 46.5 Å². The fourth-order valence-electron chi connectivity index (χ4n) is 2.09. The Morgan fingerprint density at radius 1 is 1.33 bits per heavy atom. The van der Waals surface area contributed by atoms with Crippen LogP contribution in [-0.4, -0.2) is 27.2 Å². The van der Waals surface area contributed by atoms with Crippen LogP contribution >= 0.6 is 11.6 Å². The SMILES string of the molecule is Cc1nn(CC(=O)NCCCc2ccncc2)c(C)c1Cl. The Kier molecular flexibility index (Phi) is 5.33. The highest BCUT2D eigenvalue weighted by Crippen LogP contribution is 2.18. The summed E-state index contributed by atoms with van der Waals surface area (Å²) in [5, 5.41) is 7.77. The molecule has 0 aliphatic heterocycles. The minimum absolute atomic E-state index is 0.0491. The number of halogens is 1. The predicted molar refractivity (Wildman–Crippen MR) is 82.3 cm³/mol. The van der Waals surface area contributed by atoms with E-state index in [1.165, 1.54) is 5.56 Å². The molecule has 0 spiro atoms. The first-order valence-corrected chi connectivity index (χ1v) is 7.31. The lowest BCUT2D eigenvalue weighted by atomic mass is 10.1. The smallest absolute Gasteiger partial charge is 0.241 e. The molecule has 1 amide bonds. The molecule has 2 rings (SSSR count). The van der Waals surface area contributed by atoms with E-state index in [1.54, 1.807) is 17.1 Å². The van der Waals surface area contributed by atoms with Crippen LogP contribution in [0, 0.1) is 13.8 Å². The van der Waals surface area contributed by atoms with Gasteiger partial charge in [-0.05, 0) is 44.4 Å². The maximum Gasteiger partial charge on any atom is 0.241 e. The molecule has 0 fully saturated rings. The lowest BCUT2D eigenvalue weighted by Gasteiger charge is -2.07. The monoisotopic (exact) mass is 306 g/mol. The van der Waals surface area contributed by atoms with Crippen LogP contribution in [0.2, 0.25) is 5.02 Å². The third-order valence-electron chi connectivity index (χ3n) is 3.30. The van der Waals surface area contributed by atoms with Gasteiger partial charge in [-0.2, -0.15) is 5.10 Å². The molecule has 0 aliphatic carbocycles. The molecule has 2 heterocycles. The van der Waals surface area contributed by atoms with E-state index in [0.717, 1.165) is 24.2 Å². The number of carbonyl (C=O) groups excluding carboxylic acids is 1. The number of nitrogens with one attached hydrogen (secondary N) is 1. The molecule has 0 saturated carbocycles. The molecule has 2 aromatic rings. The molecule has 5 nitrogen and oxygen atoms in total. The van der Waals surface area contributed by atoms with Crippen molar-refractivity contribution in [3.8, 4) is 0 Å². The summed E-state index contributed by atoms with van der Waals surface area (Å²) < 4.78 is 1.63. The lowest BCUT2D eigenvalue weighted by molar-refractivity contribution is -0.121. The van der Waals surface area contributed by atoms with Crippen molar-refractivity contribution in [1.82, 2.24) is 20.1 Å². The number of nitrogens with zero attached hydrogens (tertiary/aromatic N) is 3. The van der Waals surface area contributed by atoms with Crippen LogP contribution in [0.25, 0.3) is 0 Å². The quantitative estimate of drug-likeness (QED) is 0.833. The van der Waals surface area contributed by atoms with Gasteiger partial charge in [-0.3, -0.25) is 14.5 Å². The Morgan fingerprint density at radius 3 is 2.67 bits per heavy atom. The first kappa shape index (κ1) is 15.5. The minimum Gasteiger partial charge on any atom is -0.354 e. The van der Waals surface area contributed by atoms with Crippen molar-refractivity contribution in [2.24, 2.45) is 0 Å². The van der Waals surface area contributed by atoms with Gasteiger partial charge in [0.25, 0.3) is 0 Å². The van der Waals surface area contributed by atoms with Gasteiger partial charge in [0, 0.05) is 18.9 Å². The van der Waals surface area contributed by atoms with Crippen molar-refractivity contribution >= 4 is 17.5 Å². The van der Waals surface area contributed by atoms with Crippen LogP contribution in [0.3, 0.4) is 0 Å². The maximum atomic E-state index is 11.9. The van der Waals surface area contributed by atoms with Crippen LogP contribution in [-0.2, 0) is 17.8 Å². The summed E-state index contributed by atoms with van der Waals surface area (Å²) in [6, 6.07) is 3.97. The predicted octanol–water partition coefficient (Wildman–Crippen LogP) is 2.30. The highest BCUT2D eigenvalue weighted by Gasteiger charge is 2.11.